The van der Waals surface area contributed by atoms with Crippen LogP contribution < -0.4 is 15.8 Å². The largest absolute Gasteiger partial charge is 0.397 e. The van der Waals surface area contributed by atoms with Gasteiger partial charge in [0.15, 0.2) is 0 Å². The number of rotatable bonds is 5. The van der Waals surface area contributed by atoms with Crippen LogP contribution in [-0.2, 0) is 10.0 Å². The minimum Gasteiger partial charge on any atom is -0.397 e. The molecule has 1 aromatic rings. The van der Waals surface area contributed by atoms with E-state index >= 15 is 0 Å². The van der Waals surface area contributed by atoms with Crippen molar-refractivity contribution in [2.24, 2.45) is 0 Å². The van der Waals surface area contributed by atoms with Gasteiger partial charge >= 0.3 is 0 Å². The van der Waals surface area contributed by atoms with Gasteiger partial charge in [-0.15, -0.1) is 0 Å². The van der Waals surface area contributed by atoms with Crippen LogP contribution in [0.5, 0.6) is 0 Å². The highest BCUT2D eigenvalue weighted by Crippen LogP contribution is 2.25. The highest BCUT2D eigenvalue weighted by Gasteiger charge is 2.21. The Kier molecular flexibility index (Phi) is 4.52. The van der Waals surface area contributed by atoms with Crippen LogP contribution in [0.15, 0.2) is 23.1 Å². The Morgan fingerprint density at radius 3 is 2.80 bits per heavy atom. The van der Waals surface area contributed by atoms with Crippen molar-refractivity contribution >= 4 is 21.4 Å². The average molecular weight is 298 g/mol. The monoisotopic (exact) mass is 298 g/mol. The second-order valence-electron chi connectivity index (χ2n) is 5.14. The molecule has 1 aliphatic heterocycles. The van der Waals surface area contributed by atoms with Crippen LogP contribution in [-0.4, -0.2) is 46.0 Å². The SMILES string of the molecule is CCNS(=O)(=O)c1ccc(N)c(NC2CCN(C)C2)c1. The molecule has 0 aliphatic carbocycles. The summed E-state index contributed by atoms with van der Waals surface area (Å²) >= 11 is 0. The first-order valence-electron chi connectivity index (χ1n) is 6.76. The predicted molar refractivity (Wildman–Crippen MR) is 81.2 cm³/mol. The molecule has 6 nitrogen and oxygen atoms in total. The van der Waals surface area contributed by atoms with Crippen LogP contribution in [0.25, 0.3) is 0 Å². The number of hydrogen-bond donors (Lipinski definition) is 3. The van der Waals surface area contributed by atoms with Crippen molar-refractivity contribution in [1.29, 1.82) is 0 Å². The van der Waals surface area contributed by atoms with E-state index in [0.29, 0.717) is 24.0 Å². The van der Waals surface area contributed by atoms with E-state index in [2.05, 4.69) is 22.0 Å². The van der Waals surface area contributed by atoms with Gasteiger partial charge in [-0.05, 0) is 38.2 Å². The zero-order valence-electron chi connectivity index (χ0n) is 11.9. The van der Waals surface area contributed by atoms with Crippen molar-refractivity contribution < 1.29 is 8.42 Å². The average Bonchev–Trinajstić information content (AvgIpc) is 2.77. The lowest BCUT2D eigenvalue weighted by molar-refractivity contribution is 0.414. The van der Waals surface area contributed by atoms with Gasteiger partial charge in [-0.2, -0.15) is 0 Å². The minimum atomic E-state index is -3.45. The molecule has 112 valence electrons. The van der Waals surface area contributed by atoms with Crippen LogP contribution in [0.4, 0.5) is 11.4 Å². The number of nitrogen functional groups attached to an aromatic ring is 1. The summed E-state index contributed by atoms with van der Waals surface area (Å²) in [7, 11) is -1.38. The van der Waals surface area contributed by atoms with Gasteiger partial charge in [-0.1, -0.05) is 6.92 Å². The first-order valence-corrected chi connectivity index (χ1v) is 8.25. The molecule has 0 bridgehead atoms. The quantitative estimate of drug-likeness (QED) is 0.696. The third-order valence-corrected chi connectivity index (χ3v) is 4.96. The van der Waals surface area contributed by atoms with E-state index in [0.717, 1.165) is 19.5 Å². The first kappa shape index (κ1) is 15.1. The lowest BCUT2D eigenvalue weighted by Gasteiger charge is -2.17. The molecule has 2 rings (SSSR count). The summed E-state index contributed by atoms with van der Waals surface area (Å²) in [6.45, 7) is 4.09. The van der Waals surface area contributed by atoms with Crippen LogP contribution in [0.1, 0.15) is 13.3 Å². The number of likely N-dealkylation sites (N-methyl/N-ethyl adjacent to an activating group) is 1. The number of anilines is 2. The molecule has 1 unspecified atom stereocenters. The van der Waals surface area contributed by atoms with Crippen LogP contribution >= 0.6 is 0 Å². The Morgan fingerprint density at radius 1 is 1.45 bits per heavy atom. The van der Waals surface area contributed by atoms with E-state index in [1.807, 2.05) is 0 Å². The molecule has 0 saturated carbocycles. The zero-order valence-corrected chi connectivity index (χ0v) is 12.7. The number of nitrogens with zero attached hydrogens (tertiary/aromatic N) is 1. The molecule has 0 spiro atoms. The highest BCUT2D eigenvalue weighted by molar-refractivity contribution is 7.89. The van der Waals surface area contributed by atoms with Gasteiger partial charge in [0, 0.05) is 19.1 Å². The van der Waals surface area contributed by atoms with Crippen LogP contribution in [0.3, 0.4) is 0 Å². The van der Waals surface area contributed by atoms with Crippen LogP contribution in [0.2, 0.25) is 0 Å². The van der Waals surface area contributed by atoms with Gasteiger partial charge in [0.1, 0.15) is 0 Å². The van der Waals surface area contributed by atoms with Crippen molar-refractivity contribution in [1.82, 2.24) is 9.62 Å². The standard InChI is InChI=1S/C13H22N4O2S/c1-3-15-20(18,19)11-4-5-12(14)13(8-11)16-10-6-7-17(2)9-10/h4-5,8,10,15-16H,3,6-7,9,14H2,1-2H3. The lowest BCUT2D eigenvalue weighted by Crippen LogP contribution is -2.25. The molecule has 0 aromatic heterocycles. The third-order valence-electron chi connectivity index (χ3n) is 3.42. The molecular weight excluding hydrogens is 276 g/mol. The Hall–Kier alpha value is -1.31. The molecular formula is C13H22N4O2S. The fourth-order valence-electron chi connectivity index (χ4n) is 2.37. The maximum Gasteiger partial charge on any atom is 0.240 e. The molecule has 1 aliphatic rings. The number of sulfonamides is 1. The molecule has 1 atom stereocenters. The summed E-state index contributed by atoms with van der Waals surface area (Å²) in [5.74, 6) is 0. The Bertz CT molecular complexity index is 574. The van der Waals surface area contributed by atoms with Crippen molar-refractivity contribution in [2.75, 3.05) is 37.7 Å². The highest BCUT2D eigenvalue weighted by atomic mass is 32.2. The van der Waals surface area contributed by atoms with E-state index in [1.165, 1.54) is 6.07 Å². The van der Waals surface area contributed by atoms with Crippen molar-refractivity contribution in [2.45, 2.75) is 24.3 Å². The van der Waals surface area contributed by atoms with E-state index in [9.17, 15) is 8.42 Å². The summed E-state index contributed by atoms with van der Waals surface area (Å²) in [5.41, 5.74) is 7.18. The number of nitrogens with two attached hydrogens (primary N) is 1. The number of nitrogens with one attached hydrogen (secondary N) is 2. The van der Waals surface area contributed by atoms with E-state index in [1.54, 1.807) is 19.1 Å². The maximum atomic E-state index is 12.0. The molecule has 1 aromatic carbocycles. The fourth-order valence-corrected chi connectivity index (χ4v) is 3.44. The molecule has 4 N–H and O–H groups in total. The molecule has 0 amide bonds. The lowest BCUT2D eigenvalue weighted by atomic mass is 10.2. The molecule has 20 heavy (non-hydrogen) atoms. The number of hydrogen-bond acceptors (Lipinski definition) is 5. The Morgan fingerprint density at radius 2 is 2.20 bits per heavy atom. The fraction of sp³-hybridized carbons (Fsp3) is 0.538. The first-order chi connectivity index (χ1) is 9.42. The van der Waals surface area contributed by atoms with E-state index in [4.69, 9.17) is 5.73 Å². The molecule has 1 fully saturated rings. The summed E-state index contributed by atoms with van der Waals surface area (Å²) in [5, 5.41) is 3.34. The van der Waals surface area contributed by atoms with Gasteiger partial charge in [-0.3, -0.25) is 0 Å². The van der Waals surface area contributed by atoms with Crippen molar-refractivity contribution in [3.63, 3.8) is 0 Å². The zero-order chi connectivity index (χ0) is 14.8. The van der Waals surface area contributed by atoms with Crippen molar-refractivity contribution in [3.05, 3.63) is 18.2 Å². The predicted octanol–water partition coefficient (Wildman–Crippen LogP) is 0.683. The van der Waals surface area contributed by atoms with Crippen LogP contribution in [0, 0.1) is 0 Å². The minimum absolute atomic E-state index is 0.238. The molecule has 1 heterocycles. The summed E-state index contributed by atoms with van der Waals surface area (Å²) in [6, 6.07) is 5.07. The van der Waals surface area contributed by atoms with Gasteiger partial charge in [0.05, 0.1) is 16.3 Å². The van der Waals surface area contributed by atoms with Gasteiger partial charge in [0.2, 0.25) is 10.0 Å². The summed E-state index contributed by atoms with van der Waals surface area (Å²) in [4.78, 5) is 2.47. The topological polar surface area (TPSA) is 87.5 Å². The second-order valence-corrected chi connectivity index (χ2v) is 6.91. The van der Waals surface area contributed by atoms with E-state index in [-0.39, 0.29) is 4.90 Å². The Labute approximate surface area is 120 Å². The van der Waals surface area contributed by atoms with Gasteiger partial charge in [-0.25, -0.2) is 13.1 Å². The smallest absolute Gasteiger partial charge is 0.240 e. The molecule has 1 saturated heterocycles. The van der Waals surface area contributed by atoms with Gasteiger partial charge < -0.3 is 16.0 Å². The maximum absolute atomic E-state index is 12.0. The van der Waals surface area contributed by atoms with Crippen molar-refractivity contribution in [3.8, 4) is 0 Å². The molecule has 7 heteroatoms. The third kappa shape index (κ3) is 3.41. The Balaban J connectivity index is 2.21. The summed E-state index contributed by atoms with van der Waals surface area (Å²) < 4.78 is 26.5. The normalized spacial score (nSPS) is 20.2. The summed E-state index contributed by atoms with van der Waals surface area (Å²) in [6.07, 6.45) is 1.03. The van der Waals surface area contributed by atoms with Gasteiger partial charge in [0.25, 0.3) is 0 Å². The second kappa shape index (κ2) is 5.99. The van der Waals surface area contributed by atoms with E-state index < -0.39 is 10.0 Å². The number of benzene rings is 1. The molecule has 0 radical (unpaired) electrons. The number of likely N-dealkylation sites (tertiary alicyclic amines) is 1.